The van der Waals surface area contributed by atoms with Gasteiger partial charge >= 0.3 is 0 Å². The second-order valence-electron chi connectivity index (χ2n) is 4.46. The molecule has 2 aromatic rings. The number of aromatic nitrogens is 1. The van der Waals surface area contributed by atoms with Crippen molar-refractivity contribution in [3.05, 3.63) is 38.8 Å². The Bertz CT molecular complexity index is 556. The molecular weight excluding hydrogens is 244 g/mol. The predicted octanol–water partition coefficient (Wildman–Crippen LogP) is 3.54. The van der Waals surface area contributed by atoms with Crippen LogP contribution in [0.15, 0.2) is 12.1 Å². The van der Waals surface area contributed by atoms with Crippen LogP contribution in [-0.2, 0) is 6.61 Å². The number of aryl methyl sites for hydroxylation is 3. The summed E-state index contributed by atoms with van der Waals surface area (Å²) < 4.78 is 5.87. The van der Waals surface area contributed by atoms with E-state index >= 15 is 0 Å². The van der Waals surface area contributed by atoms with Crippen molar-refractivity contribution in [1.29, 1.82) is 0 Å². The Kier molecular flexibility index (Phi) is 3.57. The molecule has 2 rings (SSSR count). The van der Waals surface area contributed by atoms with E-state index in [-0.39, 0.29) is 0 Å². The number of anilines is 1. The van der Waals surface area contributed by atoms with Gasteiger partial charge in [0.2, 0.25) is 0 Å². The van der Waals surface area contributed by atoms with Crippen molar-refractivity contribution in [2.24, 2.45) is 0 Å². The minimum Gasteiger partial charge on any atom is -0.486 e. The van der Waals surface area contributed by atoms with E-state index in [9.17, 15) is 0 Å². The minimum atomic E-state index is 0.504. The van der Waals surface area contributed by atoms with Crippen molar-refractivity contribution >= 4 is 17.0 Å². The van der Waals surface area contributed by atoms with Gasteiger partial charge in [0.05, 0.1) is 5.69 Å². The van der Waals surface area contributed by atoms with Crippen LogP contribution in [0.5, 0.6) is 5.75 Å². The summed E-state index contributed by atoms with van der Waals surface area (Å²) in [5.74, 6) is 0.875. The van der Waals surface area contributed by atoms with Crippen LogP contribution < -0.4 is 10.5 Å². The largest absolute Gasteiger partial charge is 0.486 e. The third kappa shape index (κ3) is 2.48. The van der Waals surface area contributed by atoms with Crippen molar-refractivity contribution in [2.45, 2.75) is 34.3 Å². The molecule has 0 bridgehead atoms. The average Bonchev–Trinajstić information content (AvgIpc) is 2.64. The van der Waals surface area contributed by atoms with Gasteiger partial charge in [0, 0.05) is 16.1 Å². The first-order valence-corrected chi connectivity index (χ1v) is 6.72. The SMILES string of the molecule is Cc1ccc(N)c(C)c1OCc1nc(C)c(C)s1. The van der Waals surface area contributed by atoms with E-state index in [0.717, 1.165) is 33.3 Å². The molecule has 2 N–H and O–H groups in total. The molecule has 0 saturated carbocycles. The fourth-order valence-electron chi connectivity index (χ4n) is 1.80. The maximum atomic E-state index is 5.89. The highest BCUT2D eigenvalue weighted by Crippen LogP contribution is 2.29. The average molecular weight is 262 g/mol. The smallest absolute Gasteiger partial charge is 0.140 e. The summed E-state index contributed by atoms with van der Waals surface area (Å²) in [7, 11) is 0. The molecule has 96 valence electrons. The van der Waals surface area contributed by atoms with Crippen LogP contribution in [0.2, 0.25) is 0 Å². The maximum absolute atomic E-state index is 5.89. The second kappa shape index (κ2) is 4.98. The topological polar surface area (TPSA) is 48.1 Å². The summed E-state index contributed by atoms with van der Waals surface area (Å²) in [5, 5.41) is 1.01. The first kappa shape index (κ1) is 12.9. The van der Waals surface area contributed by atoms with Crippen molar-refractivity contribution in [3.8, 4) is 5.75 Å². The van der Waals surface area contributed by atoms with E-state index in [1.165, 1.54) is 4.88 Å². The molecule has 0 fully saturated rings. The summed E-state index contributed by atoms with van der Waals surface area (Å²) in [6, 6.07) is 3.89. The molecule has 18 heavy (non-hydrogen) atoms. The molecular formula is C14H18N2OS. The molecule has 4 heteroatoms. The lowest BCUT2D eigenvalue weighted by atomic mass is 10.1. The Morgan fingerprint density at radius 2 is 1.94 bits per heavy atom. The number of nitrogens with zero attached hydrogens (tertiary/aromatic N) is 1. The fourth-order valence-corrected chi connectivity index (χ4v) is 2.65. The van der Waals surface area contributed by atoms with Gasteiger partial charge in [-0.2, -0.15) is 0 Å². The van der Waals surface area contributed by atoms with Crippen molar-refractivity contribution < 1.29 is 4.74 Å². The lowest BCUT2D eigenvalue weighted by Gasteiger charge is -2.12. The Morgan fingerprint density at radius 3 is 2.56 bits per heavy atom. The van der Waals surface area contributed by atoms with Crippen LogP contribution in [0.25, 0.3) is 0 Å². The van der Waals surface area contributed by atoms with Crippen LogP contribution in [0.4, 0.5) is 5.69 Å². The van der Waals surface area contributed by atoms with Gasteiger partial charge in [-0.25, -0.2) is 4.98 Å². The Morgan fingerprint density at radius 1 is 1.22 bits per heavy atom. The Labute approximate surface area is 112 Å². The molecule has 1 aromatic carbocycles. The molecule has 0 saturated heterocycles. The predicted molar refractivity (Wildman–Crippen MR) is 76.2 cm³/mol. The maximum Gasteiger partial charge on any atom is 0.140 e. The highest BCUT2D eigenvalue weighted by Gasteiger charge is 2.09. The zero-order valence-corrected chi connectivity index (χ0v) is 12.0. The first-order valence-electron chi connectivity index (χ1n) is 5.90. The van der Waals surface area contributed by atoms with Gasteiger partial charge in [0.15, 0.2) is 0 Å². The fraction of sp³-hybridized carbons (Fsp3) is 0.357. The van der Waals surface area contributed by atoms with Crippen molar-refractivity contribution in [3.63, 3.8) is 0 Å². The second-order valence-corrected chi connectivity index (χ2v) is 5.75. The molecule has 0 amide bonds. The van der Waals surface area contributed by atoms with E-state index in [0.29, 0.717) is 6.61 Å². The quantitative estimate of drug-likeness (QED) is 0.861. The van der Waals surface area contributed by atoms with Crippen molar-refractivity contribution in [1.82, 2.24) is 4.98 Å². The Balaban J connectivity index is 2.18. The van der Waals surface area contributed by atoms with E-state index in [1.54, 1.807) is 11.3 Å². The van der Waals surface area contributed by atoms with E-state index in [1.807, 2.05) is 32.9 Å². The van der Waals surface area contributed by atoms with Gasteiger partial charge in [0.25, 0.3) is 0 Å². The van der Waals surface area contributed by atoms with Crippen LogP contribution in [0, 0.1) is 27.7 Å². The molecule has 0 aliphatic carbocycles. The van der Waals surface area contributed by atoms with Gasteiger partial charge in [-0.05, 0) is 39.3 Å². The van der Waals surface area contributed by atoms with Gasteiger partial charge in [-0.3, -0.25) is 0 Å². The van der Waals surface area contributed by atoms with Crippen LogP contribution >= 0.6 is 11.3 Å². The van der Waals surface area contributed by atoms with Crippen LogP contribution in [0.3, 0.4) is 0 Å². The lowest BCUT2D eigenvalue weighted by molar-refractivity contribution is 0.301. The van der Waals surface area contributed by atoms with Gasteiger partial charge < -0.3 is 10.5 Å². The Hall–Kier alpha value is -1.55. The number of nitrogen functional groups attached to an aromatic ring is 1. The number of nitrogens with two attached hydrogens (primary N) is 1. The number of thiazole rings is 1. The normalized spacial score (nSPS) is 10.7. The lowest BCUT2D eigenvalue weighted by Crippen LogP contribution is -2.01. The summed E-state index contributed by atoms with van der Waals surface area (Å²) in [5.41, 5.74) is 9.85. The number of benzene rings is 1. The molecule has 0 spiro atoms. The van der Waals surface area contributed by atoms with E-state index < -0.39 is 0 Å². The van der Waals surface area contributed by atoms with Gasteiger partial charge in [-0.1, -0.05) is 6.07 Å². The molecule has 0 aliphatic heterocycles. The molecule has 0 atom stereocenters. The molecule has 0 unspecified atom stereocenters. The highest BCUT2D eigenvalue weighted by atomic mass is 32.1. The summed E-state index contributed by atoms with van der Waals surface area (Å²) in [4.78, 5) is 5.71. The molecule has 0 aliphatic rings. The number of ether oxygens (including phenoxy) is 1. The molecule has 0 radical (unpaired) electrons. The molecule has 1 aromatic heterocycles. The zero-order chi connectivity index (χ0) is 13.3. The summed E-state index contributed by atoms with van der Waals surface area (Å²) in [6.45, 7) is 8.61. The van der Waals surface area contributed by atoms with Crippen LogP contribution in [-0.4, -0.2) is 4.98 Å². The number of rotatable bonds is 3. The molecule has 1 heterocycles. The first-order chi connectivity index (χ1) is 8.49. The third-order valence-corrected chi connectivity index (χ3v) is 4.10. The number of hydrogen-bond donors (Lipinski definition) is 1. The van der Waals surface area contributed by atoms with Gasteiger partial charge in [-0.15, -0.1) is 11.3 Å². The zero-order valence-electron chi connectivity index (χ0n) is 11.2. The standard InChI is InChI=1S/C14H18N2OS/c1-8-5-6-12(15)9(2)14(8)17-7-13-16-10(3)11(4)18-13/h5-6H,7,15H2,1-4H3. The third-order valence-electron chi connectivity index (χ3n) is 3.06. The van der Waals surface area contributed by atoms with E-state index in [4.69, 9.17) is 10.5 Å². The highest BCUT2D eigenvalue weighted by molar-refractivity contribution is 7.11. The van der Waals surface area contributed by atoms with Crippen LogP contribution in [0.1, 0.15) is 26.7 Å². The van der Waals surface area contributed by atoms with Gasteiger partial charge in [0.1, 0.15) is 17.4 Å². The summed E-state index contributed by atoms with van der Waals surface area (Å²) >= 11 is 1.68. The number of hydrogen-bond acceptors (Lipinski definition) is 4. The summed E-state index contributed by atoms with van der Waals surface area (Å²) in [6.07, 6.45) is 0. The minimum absolute atomic E-state index is 0.504. The molecule has 3 nitrogen and oxygen atoms in total. The van der Waals surface area contributed by atoms with E-state index in [2.05, 4.69) is 11.9 Å². The van der Waals surface area contributed by atoms with Crippen molar-refractivity contribution in [2.75, 3.05) is 5.73 Å². The monoisotopic (exact) mass is 262 g/mol.